The number of alkyl halides is 1. The Morgan fingerprint density at radius 2 is 1.89 bits per heavy atom. The fourth-order valence-corrected chi connectivity index (χ4v) is 7.50. The number of aliphatic hydroxyl groups is 1. The van der Waals surface area contributed by atoms with Crippen molar-refractivity contribution in [2.75, 3.05) is 30.4 Å². The lowest BCUT2D eigenvalue weighted by Crippen LogP contribution is -2.41. The smallest absolute Gasteiger partial charge is 0.280 e. The maximum Gasteiger partial charge on any atom is 0.280 e. The Balaban J connectivity index is 1.10. The minimum absolute atomic E-state index is 0.0119. The molecule has 2 fully saturated rings. The average molecular weight is 665 g/mol. The first-order valence-electron chi connectivity index (χ1n) is 13.8. The van der Waals surface area contributed by atoms with E-state index in [2.05, 4.69) is 50.2 Å². The number of H-pyrrole nitrogens is 1. The highest BCUT2D eigenvalue weighted by atomic mass is 31.1. The summed E-state index contributed by atoms with van der Waals surface area (Å²) in [5.41, 5.74) is 10.6. The summed E-state index contributed by atoms with van der Waals surface area (Å²) in [7, 11) is 2.50. The Labute approximate surface area is 258 Å². The lowest BCUT2D eigenvalue weighted by molar-refractivity contribution is -0.300. The number of aromatic nitrogens is 8. The number of nitrogen functional groups attached to an aromatic ring is 2. The third kappa shape index (κ3) is 5.53. The van der Waals surface area contributed by atoms with E-state index in [1.807, 2.05) is 0 Å². The predicted molar refractivity (Wildman–Crippen MR) is 163 cm³/mol. The SMILES string of the molecule is C#C[C@]1(COP)O[C@@H](n2cnc3c(N)ncnc32)[C@H](O)[C@@H]1CCPCC[C@H]1O[C@@H](n2cnc3c(=O)[nH]c(N)nc32)[C@H](OO)[C@H]1F. The van der Waals surface area contributed by atoms with Crippen LogP contribution in [0.3, 0.4) is 0 Å². The molecule has 0 spiro atoms. The number of aromatic amines is 1. The zero-order valence-corrected chi connectivity index (χ0v) is 25.7. The molecule has 2 saturated heterocycles. The number of nitrogens with one attached hydrogen (secondary N) is 1. The number of halogens is 1. The number of aliphatic hydroxyl groups excluding tert-OH is 1. The van der Waals surface area contributed by atoms with Crippen molar-refractivity contribution < 1.29 is 33.6 Å². The van der Waals surface area contributed by atoms with Crippen molar-refractivity contribution in [2.45, 2.75) is 55.4 Å². The monoisotopic (exact) mass is 664 g/mol. The Bertz CT molecular complexity index is 1780. The van der Waals surface area contributed by atoms with Crippen LogP contribution in [0.5, 0.6) is 0 Å². The van der Waals surface area contributed by atoms with Gasteiger partial charge in [-0.2, -0.15) is 4.98 Å². The average Bonchev–Trinajstić information content (AvgIpc) is 3.77. The van der Waals surface area contributed by atoms with E-state index in [0.717, 1.165) is 0 Å². The molecule has 0 aromatic carbocycles. The van der Waals surface area contributed by atoms with E-state index in [1.165, 1.54) is 23.5 Å². The Kier molecular flexibility index (Phi) is 8.97. The van der Waals surface area contributed by atoms with Crippen LogP contribution in [0.4, 0.5) is 16.2 Å². The zero-order chi connectivity index (χ0) is 31.9. The third-order valence-corrected chi connectivity index (χ3v) is 9.64. The number of terminal acetylenes is 1. The van der Waals surface area contributed by atoms with Gasteiger partial charge < -0.3 is 30.6 Å². The molecule has 4 aromatic heterocycles. The number of nitrogens with zero attached hydrogens (tertiary/aromatic N) is 7. The fourth-order valence-electron chi connectivity index (χ4n) is 5.99. The molecule has 6 heterocycles. The minimum Gasteiger partial charge on any atom is -0.388 e. The number of hydrogen-bond acceptors (Lipinski definition) is 14. The maximum atomic E-state index is 15.3. The second-order valence-electron chi connectivity index (χ2n) is 10.7. The molecule has 45 heavy (non-hydrogen) atoms. The van der Waals surface area contributed by atoms with Crippen molar-refractivity contribution >= 4 is 52.1 Å². The quantitative estimate of drug-likeness (QED) is 0.0479. The van der Waals surface area contributed by atoms with Gasteiger partial charge in [0.05, 0.1) is 25.4 Å². The number of hydrogen-bond donors (Lipinski definition) is 5. The topological polar surface area (TPSA) is 237 Å². The largest absolute Gasteiger partial charge is 0.388 e. The first-order valence-corrected chi connectivity index (χ1v) is 15.7. The number of imidazole rings is 2. The fraction of sp³-hybridized carbons (Fsp3) is 0.520. The molecule has 0 aliphatic carbocycles. The second-order valence-corrected chi connectivity index (χ2v) is 12.5. The van der Waals surface area contributed by atoms with Crippen LogP contribution >= 0.6 is 18.0 Å². The van der Waals surface area contributed by atoms with Crippen LogP contribution in [0.2, 0.25) is 0 Å². The van der Waals surface area contributed by atoms with E-state index in [4.69, 9.17) is 31.9 Å². The summed E-state index contributed by atoms with van der Waals surface area (Å²) in [4.78, 5) is 39.5. The van der Waals surface area contributed by atoms with Gasteiger partial charge in [0.25, 0.3) is 5.56 Å². The molecule has 10 atom stereocenters. The van der Waals surface area contributed by atoms with Gasteiger partial charge in [-0.3, -0.25) is 24.2 Å². The molecule has 20 heteroatoms. The summed E-state index contributed by atoms with van der Waals surface area (Å²) in [6.45, 7) is 0.0119. The van der Waals surface area contributed by atoms with Gasteiger partial charge in [0.2, 0.25) is 5.95 Å². The van der Waals surface area contributed by atoms with Gasteiger partial charge in [-0.1, -0.05) is 5.92 Å². The molecule has 2 unspecified atom stereocenters. The van der Waals surface area contributed by atoms with E-state index in [-0.39, 0.29) is 29.5 Å². The van der Waals surface area contributed by atoms with Crippen molar-refractivity contribution in [3.8, 4) is 12.3 Å². The molecule has 4 aromatic rings. The van der Waals surface area contributed by atoms with E-state index in [1.54, 1.807) is 4.57 Å². The molecule has 2 aliphatic rings. The van der Waals surface area contributed by atoms with Crippen LogP contribution in [0, 0.1) is 18.3 Å². The van der Waals surface area contributed by atoms with Gasteiger partial charge in [-0.15, -0.1) is 15.0 Å². The minimum atomic E-state index is -1.68. The van der Waals surface area contributed by atoms with Crippen molar-refractivity contribution in [1.29, 1.82) is 0 Å². The lowest BCUT2D eigenvalue weighted by Gasteiger charge is -2.29. The van der Waals surface area contributed by atoms with Crippen molar-refractivity contribution in [3.05, 3.63) is 29.3 Å². The summed E-state index contributed by atoms with van der Waals surface area (Å²) in [5, 5.41) is 20.9. The van der Waals surface area contributed by atoms with Crippen LogP contribution in [0.1, 0.15) is 25.3 Å². The maximum absolute atomic E-state index is 15.3. The Morgan fingerprint density at radius 3 is 2.62 bits per heavy atom. The highest BCUT2D eigenvalue weighted by Gasteiger charge is 2.54. The van der Waals surface area contributed by atoms with E-state index in [9.17, 15) is 15.2 Å². The summed E-state index contributed by atoms with van der Waals surface area (Å²) in [6, 6.07) is 0. The van der Waals surface area contributed by atoms with E-state index < -0.39 is 54.0 Å². The van der Waals surface area contributed by atoms with Gasteiger partial charge in [-0.25, -0.2) is 29.2 Å². The molecule has 0 radical (unpaired) electrons. The lowest BCUT2D eigenvalue weighted by atomic mass is 9.84. The molecule has 7 N–H and O–H groups in total. The number of ether oxygens (including phenoxy) is 2. The highest BCUT2D eigenvalue weighted by molar-refractivity contribution is 7.37. The first kappa shape index (κ1) is 31.6. The summed E-state index contributed by atoms with van der Waals surface area (Å²) in [6.07, 6.45) is 4.93. The summed E-state index contributed by atoms with van der Waals surface area (Å²) < 4.78 is 35.8. The van der Waals surface area contributed by atoms with Gasteiger partial charge >= 0.3 is 0 Å². The van der Waals surface area contributed by atoms with Gasteiger partial charge in [0.1, 0.15) is 17.9 Å². The van der Waals surface area contributed by atoms with Crippen LogP contribution in [0.15, 0.2) is 23.8 Å². The molecular formula is C25H31FN10O7P2. The molecule has 0 amide bonds. The van der Waals surface area contributed by atoms with Crippen molar-refractivity contribution in [1.82, 2.24) is 39.0 Å². The summed E-state index contributed by atoms with van der Waals surface area (Å²) >= 11 is 0. The van der Waals surface area contributed by atoms with Gasteiger partial charge in [0.15, 0.2) is 53.0 Å². The molecule has 0 bridgehead atoms. The standard InChI is InChI=1S/C25H31FN10O7P2/c1-2-25(7-40-44)11(16(37)22(42-25)35-9-31-14-18(27)29-8-30-19(14)35)3-5-45-6-4-12-13(26)17(43-39)23(41-12)36-10-32-15-20(36)33-24(28)34-21(15)38/h1,8-13,16-17,22-23,37,39,45H,3-7,44H2,(H2,27,29,30)(H3,28,33,34,38)/t11-,12+,13-,16+,17+,22+,23+,25+/m0/s1. The molecule has 240 valence electrons. The number of fused-ring (bicyclic) bond motifs is 2. The van der Waals surface area contributed by atoms with Crippen LogP contribution in [0.25, 0.3) is 22.3 Å². The van der Waals surface area contributed by atoms with E-state index >= 15 is 4.39 Å². The van der Waals surface area contributed by atoms with Gasteiger partial charge in [0, 0.05) is 15.4 Å². The normalized spacial score (nSPS) is 30.2. The van der Waals surface area contributed by atoms with E-state index in [0.29, 0.717) is 44.9 Å². The molecule has 6 rings (SSSR count). The highest BCUT2D eigenvalue weighted by Crippen LogP contribution is 2.45. The van der Waals surface area contributed by atoms with Crippen molar-refractivity contribution in [2.24, 2.45) is 5.92 Å². The molecule has 17 nitrogen and oxygen atoms in total. The van der Waals surface area contributed by atoms with Crippen LogP contribution < -0.4 is 17.0 Å². The second kappa shape index (κ2) is 12.8. The zero-order valence-electron chi connectivity index (χ0n) is 23.6. The van der Waals surface area contributed by atoms with Crippen LogP contribution in [-0.2, 0) is 18.9 Å². The van der Waals surface area contributed by atoms with Gasteiger partial charge in [-0.05, 0) is 25.2 Å². The van der Waals surface area contributed by atoms with Crippen LogP contribution in [-0.4, -0.2) is 98.4 Å². The Morgan fingerprint density at radius 1 is 1.16 bits per heavy atom. The number of rotatable bonds is 11. The molecule has 0 saturated carbocycles. The number of nitrogens with two attached hydrogens (primary N) is 2. The first-order chi connectivity index (χ1) is 21.7. The van der Waals surface area contributed by atoms with Crippen molar-refractivity contribution in [3.63, 3.8) is 0 Å². The molecule has 2 aliphatic heterocycles. The Hall–Kier alpha value is -3.39. The number of anilines is 2. The summed E-state index contributed by atoms with van der Waals surface area (Å²) in [5.74, 6) is 2.23. The molecular weight excluding hydrogens is 633 g/mol. The third-order valence-electron chi connectivity index (χ3n) is 8.19. The predicted octanol–water partition coefficient (Wildman–Crippen LogP) is 0.361.